The third-order valence-corrected chi connectivity index (χ3v) is 3.25. The van der Waals surface area contributed by atoms with Gasteiger partial charge >= 0.3 is 0 Å². The molecule has 3 nitrogen and oxygen atoms in total. The zero-order chi connectivity index (χ0) is 11.0. The molecule has 3 heteroatoms. The first-order valence-electron chi connectivity index (χ1n) is 5.64. The first-order valence-corrected chi connectivity index (χ1v) is 5.64. The lowest BCUT2D eigenvalue weighted by Gasteiger charge is -2.36. The molecule has 2 heterocycles. The molecule has 1 fully saturated rings. The van der Waals surface area contributed by atoms with Gasteiger partial charge in [-0.2, -0.15) is 0 Å². The predicted molar refractivity (Wildman–Crippen MR) is 66.8 cm³/mol. The van der Waals surface area contributed by atoms with Gasteiger partial charge in [-0.3, -0.25) is 0 Å². The molecular formula is C13H15N3. The summed E-state index contributed by atoms with van der Waals surface area (Å²) < 4.78 is 0. The van der Waals surface area contributed by atoms with Crippen molar-refractivity contribution in [2.45, 2.75) is 6.04 Å². The number of nitrogens with one attached hydrogen (secondary N) is 1. The number of nitrogens with zero attached hydrogens (tertiary/aromatic N) is 2. The van der Waals surface area contributed by atoms with Crippen LogP contribution in [0.3, 0.4) is 0 Å². The fourth-order valence-electron chi connectivity index (χ4n) is 1.99. The largest absolute Gasteiger partial charge is 0.354 e. The molecule has 16 heavy (non-hydrogen) atoms. The van der Waals surface area contributed by atoms with Crippen molar-refractivity contribution in [3.05, 3.63) is 36.4 Å². The Hall–Kier alpha value is -1.61. The molecule has 0 saturated carbocycles. The summed E-state index contributed by atoms with van der Waals surface area (Å²) >= 11 is 0. The lowest BCUT2D eigenvalue weighted by Crippen LogP contribution is -2.56. The van der Waals surface area contributed by atoms with E-state index in [1.54, 1.807) is 0 Å². The van der Waals surface area contributed by atoms with Crippen LogP contribution in [0.4, 0.5) is 5.82 Å². The molecule has 1 aromatic carbocycles. The quantitative estimate of drug-likeness (QED) is 0.822. The summed E-state index contributed by atoms with van der Waals surface area (Å²) in [7, 11) is 2.11. The maximum Gasteiger partial charge on any atom is 0.129 e. The summed E-state index contributed by atoms with van der Waals surface area (Å²) in [6, 6.07) is 13.1. The molecule has 82 valence electrons. The lowest BCUT2D eigenvalue weighted by molar-refractivity contribution is 0.427. The Labute approximate surface area is 95.1 Å². The summed E-state index contributed by atoms with van der Waals surface area (Å²) in [6.07, 6.45) is 0. The van der Waals surface area contributed by atoms with Crippen LogP contribution >= 0.6 is 0 Å². The molecule has 2 aromatic rings. The van der Waals surface area contributed by atoms with Crippen LogP contribution in [-0.2, 0) is 0 Å². The van der Waals surface area contributed by atoms with Gasteiger partial charge in [0.15, 0.2) is 0 Å². The van der Waals surface area contributed by atoms with Crippen molar-refractivity contribution in [2.75, 3.05) is 25.0 Å². The first-order chi connectivity index (χ1) is 7.84. The Morgan fingerprint density at radius 3 is 2.75 bits per heavy atom. The second-order valence-corrected chi connectivity index (χ2v) is 4.29. The Kier molecular flexibility index (Phi) is 2.26. The zero-order valence-electron chi connectivity index (χ0n) is 9.35. The van der Waals surface area contributed by atoms with Crippen LogP contribution in [0.15, 0.2) is 36.4 Å². The van der Waals surface area contributed by atoms with Gasteiger partial charge in [-0.25, -0.2) is 4.98 Å². The Balaban J connectivity index is 1.97. The maximum absolute atomic E-state index is 4.68. The van der Waals surface area contributed by atoms with E-state index in [-0.39, 0.29) is 0 Å². The smallest absolute Gasteiger partial charge is 0.129 e. The van der Waals surface area contributed by atoms with Gasteiger partial charge in [0, 0.05) is 25.5 Å². The Morgan fingerprint density at radius 1 is 1.19 bits per heavy atom. The van der Waals surface area contributed by atoms with E-state index in [0.717, 1.165) is 24.4 Å². The summed E-state index contributed by atoms with van der Waals surface area (Å²) in [5, 5.41) is 4.48. The van der Waals surface area contributed by atoms with Gasteiger partial charge in [0.2, 0.25) is 0 Å². The molecule has 0 atom stereocenters. The molecular weight excluding hydrogens is 198 g/mol. The molecule has 1 N–H and O–H groups in total. The highest BCUT2D eigenvalue weighted by Gasteiger charge is 2.22. The minimum atomic E-state index is 0.591. The average molecular weight is 213 g/mol. The van der Waals surface area contributed by atoms with E-state index in [4.69, 9.17) is 0 Å². The van der Waals surface area contributed by atoms with Crippen molar-refractivity contribution >= 4 is 16.7 Å². The molecule has 1 saturated heterocycles. The van der Waals surface area contributed by atoms with E-state index < -0.39 is 0 Å². The number of para-hydroxylation sites is 1. The minimum absolute atomic E-state index is 0.591. The highest BCUT2D eigenvalue weighted by molar-refractivity contribution is 5.80. The fraction of sp³-hybridized carbons (Fsp3) is 0.308. The average Bonchev–Trinajstić information content (AvgIpc) is 2.26. The van der Waals surface area contributed by atoms with E-state index in [2.05, 4.69) is 46.5 Å². The van der Waals surface area contributed by atoms with Crippen molar-refractivity contribution in [3.63, 3.8) is 0 Å². The van der Waals surface area contributed by atoms with Crippen LogP contribution in [0, 0.1) is 0 Å². The third-order valence-electron chi connectivity index (χ3n) is 3.25. The highest BCUT2D eigenvalue weighted by Crippen LogP contribution is 2.19. The van der Waals surface area contributed by atoms with Crippen LogP contribution in [0.1, 0.15) is 0 Å². The zero-order valence-corrected chi connectivity index (χ0v) is 9.35. The third kappa shape index (κ3) is 1.53. The molecule has 0 aliphatic carbocycles. The number of hydrogen-bond acceptors (Lipinski definition) is 3. The summed E-state index contributed by atoms with van der Waals surface area (Å²) in [5.74, 6) is 1.06. The van der Waals surface area contributed by atoms with Crippen LogP contribution in [0.2, 0.25) is 0 Å². The monoisotopic (exact) mass is 213 g/mol. The number of rotatable bonds is 2. The molecule has 3 rings (SSSR count). The van der Waals surface area contributed by atoms with Gasteiger partial charge in [-0.05, 0) is 18.2 Å². The number of pyridine rings is 1. The van der Waals surface area contributed by atoms with Gasteiger partial charge in [0.25, 0.3) is 0 Å². The van der Waals surface area contributed by atoms with Crippen molar-refractivity contribution < 1.29 is 0 Å². The van der Waals surface area contributed by atoms with Crippen LogP contribution in [0.25, 0.3) is 10.9 Å². The van der Waals surface area contributed by atoms with Crippen molar-refractivity contribution in [2.24, 2.45) is 0 Å². The SMILES string of the molecule is CN(c1ccc2ccccc2n1)C1CNC1. The van der Waals surface area contributed by atoms with Crippen LogP contribution < -0.4 is 10.2 Å². The van der Waals surface area contributed by atoms with E-state index in [9.17, 15) is 0 Å². The maximum atomic E-state index is 4.68. The number of likely N-dealkylation sites (N-methyl/N-ethyl adjacent to an activating group) is 1. The summed E-state index contributed by atoms with van der Waals surface area (Å²) in [5.41, 5.74) is 1.07. The van der Waals surface area contributed by atoms with Gasteiger partial charge in [0.1, 0.15) is 5.82 Å². The summed E-state index contributed by atoms with van der Waals surface area (Å²) in [4.78, 5) is 6.93. The standard InChI is InChI=1S/C13H15N3/c1-16(11-8-14-9-11)13-7-6-10-4-2-3-5-12(10)15-13/h2-7,11,14H,8-9H2,1H3. The number of fused-ring (bicyclic) bond motifs is 1. The Bertz CT molecular complexity index is 505. The normalized spacial score (nSPS) is 16.1. The second-order valence-electron chi connectivity index (χ2n) is 4.29. The van der Waals surface area contributed by atoms with E-state index in [0.29, 0.717) is 6.04 Å². The molecule has 0 spiro atoms. The summed E-state index contributed by atoms with van der Waals surface area (Å²) in [6.45, 7) is 2.12. The predicted octanol–water partition coefficient (Wildman–Crippen LogP) is 1.64. The molecule has 0 amide bonds. The van der Waals surface area contributed by atoms with E-state index >= 15 is 0 Å². The minimum Gasteiger partial charge on any atom is -0.354 e. The number of benzene rings is 1. The molecule has 1 aromatic heterocycles. The number of hydrogen-bond donors (Lipinski definition) is 1. The molecule has 0 radical (unpaired) electrons. The molecule has 0 unspecified atom stereocenters. The van der Waals surface area contributed by atoms with Crippen LogP contribution in [-0.4, -0.2) is 31.2 Å². The van der Waals surface area contributed by atoms with Gasteiger partial charge < -0.3 is 10.2 Å². The van der Waals surface area contributed by atoms with Gasteiger partial charge in [-0.1, -0.05) is 18.2 Å². The van der Waals surface area contributed by atoms with E-state index in [1.165, 1.54) is 5.39 Å². The number of aromatic nitrogens is 1. The topological polar surface area (TPSA) is 28.2 Å². The number of anilines is 1. The van der Waals surface area contributed by atoms with Crippen molar-refractivity contribution in [3.8, 4) is 0 Å². The first kappa shape index (κ1) is 9.60. The highest BCUT2D eigenvalue weighted by atomic mass is 15.2. The molecule has 0 bridgehead atoms. The lowest BCUT2D eigenvalue weighted by atomic mass is 10.1. The second kappa shape index (κ2) is 3.76. The van der Waals surface area contributed by atoms with Crippen LogP contribution in [0.5, 0.6) is 0 Å². The molecule has 1 aliphatic heterocycles. The van der Waals surface area contributed by atoms with Crippen molar-refractivity contribution in [1.29, 1.82) is 0 Å². The van der Waals surface area contributed by atoms with Crippen molar-refractivity contribution in [1.82, 2.24) is 10.3 Å². The fourth-order valence-corrected chi connectivity index (χ4v) is 1.99. The Morgan fingerprint density at radius 2 is 2.00 bits per heavy atom. The van der Waals surface area contributed by atoms with Gasteiger partial charge in [-0.15, -0.1) is 0 Å². The van der Waals surface area contributed by atoms with Gasteiger partial charge in [0.05, 0.1) is 11.6 Å². The van der Waals surface area contributed by atoms with E-state index in [1.807, 2.05) is 12.1 Å². The molecule has 1 aliphatic rings.